The third-order valence-electron chi connectivity index (χ3n) is 4.88. The van der Waals surface area contributed by atoms with Crippen molar-refractivity contribution < 1.29 is 13.2 Å². The first-order valence-corrected chi connectivity index (χ1v) is 10.7. The molecule has 1 fully saturated rings. The van der Waals surface area contributed by atoms with Crippen LogP contribution in [0.4, 0.5) is 0 Å². The fourth-order valence-electron chi connectivity index (χ4n) is 3.58. The second-order valence-electron chi connectivity index (χ2n) is 7.64. The summed E-state index contributed by atoms with van der Waals surface area (Å²) in [6, 6.07) is 1.89. The molecule has 3 heterocycles. The topological polar surface area (TPSA) is 107 Å². The lowest BCUT2D eigenvalue weighted by molar-refractivity contribution is -0.121. The number of carbonyl (C=O) groups is 1. The molecule has 2 aromatic heterocycles. The Morgan fingerprint density at radius 3 is 2.41 bits per heavy atom. The third kappa shape index (κ3) is 4.18. The summed E-state index contributed by atoms with van der Waals surface area (Å²) in [5.41, 5.74) is 3.33. The number of aromatic nitrogens is 4. The van der Waals surface area contributed by atoms with E-state index < -0.39 is 15.4 Å². The standard InChI is InChI=1S/C18H25N5O3S/c1-11-8-12(2)20-17(19-11)23-14(4)15(13(3)22-23)9-16(24)21-18(5)6-7-27(25,26)10-18/h8H,6-7,9-10H2,1-5H3,(H,21,24). The van der Waals surface area contributed by atoms with Crippen LogP contribution in [0.15, 0.2) is 6.07 Å². The minimum atomic E-state index is -3.08. The molecule has 1 amide bonds. The Hall–Kier alpha value is -2.29. The zero-order valence-corrected chi connectivity index (χ0v) is 17.1. The first-order valence-electron chi connectivity index (χ1n) is 8.87. The van der Waals surface area contributed by atoms with Crippen molar-refractivity contribution in [3.63, 3.8) is 0 Å². The van der Waals surface area contributed by atoms with Gasteiger partial charge in [0.05, 0.1) is 29.2 Å². The Kier molecular flexibility index (Phi) is 4.83. The molecule has 1 N–H and O–H groups in total. The van der Waals surface area contributed by atoms with Crippen LogP contribution in [0.2, 0.25) is 0 Å². The van der Waals surface area contributed by atoms with Crippen molar-refractivity contribution in [2.45, 2.75) is 53.0 Å². The van der Waals surface area contributed by atoms with Gasteiger partial charge >= 0.3 is 0 Å². The van der Waals surface area contributed by atoms with Crippen molar-refractivity contribution in [2.24, 2.45) is 0 Å². The number of amides is 1. The van der Waals surface area contributed by atoms with E-state index in [-0.39, 0.29) is 23.8 Å². The number of carbonyl (C=O) groups excluding carboxylic acids is 1. The van der Waals surface area contributed by atoms with E-state index in [1.165, 1.54) is 0 Å². The first-order chi connectivity index (χ1) is 12.5. The molecule has 8 nitrogen and oxygen atoms in total. The van der Waals surface area contributed by atoms with E-state index in [1.807, 2.05) is 33.8 Å². The molecule has 3 rings (SSSR count). The zero-order chi connectivity index (χ0) is 20.0. The fourth-order valence-corrected chi connectivity index (χ4v) is 5.67. The van der Waals surface area contributed by atoms with Crippen molar-refractivity contribution in [3.8, 4) is 5.95 Å². The molecular formula is C18H25N5O3S. The van der Waals surface area contributed by atoms with E-state index >= 15 is 0 Å². The van der Waals surface area contributed by atoms with Crippen LogP contribution in [0.5, 0.6) is 0 Å². The predicted molar refractivity (Wildman–Crippen MR) is 102 cm³/mol. The van der Waals surface area contributed by atoms with Gasteiger partial charge in [0.1, 0.15) is 0 Å². The lowest BCUT2D eigenvalue weighted by Crippen LogP contribution is -2.47. The Labute approximate surface area is 159 Å². The monoisotopic (exact) mass is 391 g/mol. The molecule has 0 aliphatic carbocycles. The maximum Gasteiger partial charge on any atom is 0.251 e. The summed E-state index contributed by atoms with van der Waals surface area (Å²) >= 11 is 0. The molecule has 0 radical (unpaired) electrons. The highest BCUT2D eigenvalue weighted by atomic mass is 32.2. The Bertz CT molecular complexity index is 992. The summed E-state index contributed by atoms with van der Waals surface area (Å²) in [6.45, 7) is 9.30. The van der Waals surface area contributed by atoms with Crippen molar-refractivity contribution in [1.82, 2.24) is 25.1 Å². The van der Waals surface area contributed by atoms with Crippen LogP contribution in [0.3, 0.4) is 0 Å². The molecule has 0 spiro atoms. The lowest BCUT2D eigenvalue weighted by atomic mass is 10.0. The summed E-state index contributed by atoms with van der Waals surface area (Å²) in [6.07, 6.45) is 0.576. The number of sulfone groups is 1. The number of rotatable bonds is 4. The zero-order valence-electron chi connectivity index (χ0n) is 16.3. The van der Waals surface area contributed by atoms with Gasteiger partial charge in [-0.3, -0.25) is 4.79 Å². The molecule has 1 aliphatic rings. The second kappa shape index (κ2) is 6.70. The quantitative estimate of drug-likeness (QED) is 0.837. The van der Waals surface area contributed by atoms with Gasteiger partial charge in [0.25, 0.3) is 5.95 Å². The number of nitrogens with one attached hydrogen (secondary N) is 1. The highest BCUT2D eigenvalue weighted by Gasteiger charge is 2.39. The van der Waals surface area contributed by atoms with Crippen LogP contribution >= 0.6 is 0 Å². The third-order valence-corrected chi connectivity index (χ3v) is 6.79. The van der Waals surface area contributed by atoms with E-state index in [9.17, 15) is 13.2 Å². The summed E-state index contributed by atoms with van der Waals surface area (Å²) in [4.78, 5) is 21.4. The SMILES string of the molecule is Cc1cc(C)nc(-n2nc(C)c(CC(=O)NC3(C)CCS(=O)(=O)C3)c2C)n1. The van der Waals surface area contributed by atoms with E-state index in [0.29, 0.717) is 12.4 Å². The van der Waals surface area contributed by atoms with Crippen LogP contribution in [-0.4, -0.2) is 51.1 Å². The van der Waals surface area contributed by atoms with E-state index in [2.05, 4.69) is 20.4 Å². The van der Waals surface area contributed by atoms with Gasteiger partial charge in [0, 0.05) is 22.6 Å². The molecule has 0 bridgehead atoms. The number of nitrogens with zero attached hydrogens (tertiary/aromatic N) is 4. The van der Waals surface area contributed by atoms with Crippen LogP contribution in [0.1, 0.15) is 41.7 Å². The van der Waals surface area contributed by atoms with Crippen molar-refractivity contribution >= 4 is 15.7 Å². The van der Waals surface area contributed by atoms with Gasteiger partial charge in [-0.15, -0.1) is 0 Å². The van der Waals surface area contributed by atoms with Gasteiger partial charge in [0.2, 0.25) is 5.91 Å². The summed E-state index contributed by atoms with van der Waals surface area (Å²) in [5, 5.41) is 7.40. The van der Waals surface area contributed by atoms with Gasteiger partial charge in [-0.05, 0) is 47.1 Å². The molecule has 2 aromatic rings. The average molecular weight is 391 g/mol. The number of aryl methyl sites for hydroxylation is 3. The molecule has 1 aliphatic heterocycles. The number of hydrogen-bond donors (Lipinski definition) is 1. The first kappa shape index (κ1) is 19.5. The fraction of sp³-hybridized carbons (Fsp3) is 0.556. The van der Waals surface area contributed by atoms with Crippen molar-refractivity contribution in [3.05, 3.63) is 34.4 Å². The summed E-state index contributed by atoms with van der Waals surface area (Å²) in [5.74, 6) is 0.374. The minimum absolute atomic E-state index is 0.0145. The summed E-state index contributed by atoms with van der Waals surface area (Å²) in [7, 11) is -3.08. The minimum Gasteiger partial charge on any atom is -0.350 e. The van der Waals surface area contributed by atoms with Crippen LogP contribution in [0.25, 0.3) is 5.95 Å². The molecule has 146 valence electrons. The van der Waals surface area contributed by atoms with Gasteiger partial charge in [-0.1, -0.05) is 0 Å². The maximum atomic E-state index is 12.6. The Balaban J connectivity index is 1.82. The largest absolute Gasteiger partial charge is 0.350 e. The van der Waals surface area contributed by atoms with Gasteiger partial charge in [-0.2, -0.15) is 5.10 Å². The lowest BCUT2D eigenvalue weighted by Gasteiger charge is -2.23. The Morgan fingerprint density at radius 1 is 1.22 bits per heavy atom. The van der Waals surface area contributed by atoms with Crippen LogP contribution < -0.4 is 5.32 Å². The molecule has 1 unspecified atom stereocenters. The van der Waals surface area contributed by atoms with E-state index in [4.69, 9.17) is 0 Å². The highest BCUT2D eigenvalue weighted by molar-refractivity contribution is 7.91. The molecule has 9 heteroatoms. The highest BCUT2D eigenvalue weighted by Crippen LogP contribution is 2.23. The summed E-state index contributed by atoms with van der Waals surface area (Å²) < 4.78 is 25.1. The van der Waals surface area contributed by atoms with Gasteiger partial charge in [0.15, 0.2) is 9.84 Å². The smallest absolute Gasteiger partial charge is 0.251 e. The average Bonchev–Trinajstić information content (AvgIpc) is 2.95. The van der Waals surface area contributed by atoms with E-state index in [0.717, 1.165) is 28.3 Å². The maximum absolute atomic E-state index is 12.6. The molecule has 27 heavy (non-hydrogen) atoms. The number of hydrogen-bond acceptors (Lipinski definition) is 6. The molecule has 1 atom stereocenters. The van der Waals surface area contributed by atoms with Gasteiger partial charge < -0.3 is 5.32 Å². The predicted octanol–water partition coefficient (Wildman–Crippen LogP) is 1.13. The molecule has 0 aromatic carbocycles. The molecule has 0 saturated carbocycles. The molecule has 1 saturated heterocycles. The van der Waals surface area contributed by atoms with Crippen molar-refractivity contribution in [2.75, 3.05) is 11.5 Å². The normalized spacial score (nSPS) is 21.4. The van der Waals surface area contributed by atoms with E-state index in [1.54, 1.807) is 11.6 Å². The van der Waals surface area contributed by atoms with Crippen molar-refractivity contribution in [1.29, 1.82) is 0 Å². The van der Waals surface area contributed by atoms with Crippen LogP contribution in [0, 0.1) is 27.7 Å². The second-order valence-corrected chi connectivity index (χ2v) is 9.82. The molecular weight excluding hydrogens is 366 g/mol. The van der Waals surface area contributed by atoms with Gasteiger partial charge in [-0.25, -0.2) is 23.1 Å². The Morgan fingerprint density at radius 2 is 1.85 bits per heavy atom. The van der Waals surface area contributed by atoms with Crippen LogP contribution in [-0.2, 0) is 21.1 Å².